The van der Waals surface area contributed by atoms with Crippen LogP contribution in [0.2, 0.25) is 0 Å². The summed E-state index contributed by atoms with van der Waals surface area (Å²) in [5.41, 5.74) is 12.8. The third-order valence-corrected chi connectivity index (χ3v) is 4.52. The Balaban J connectivity index is 2.29. The minimum atomic E-state index is -1.20. The normalized spacial score (nSPS) is 15.2. The van der Waals surface area contributed by atoms with E-state index in [1.807, 2.05) is 6.07 Å². The third kappa shape index (κ3) is 3.77. The molecule has 2 aromatic rings. The first kappa shape index (κ1) is 21.0. The van der Waals surface area contributed by atoms with E-state index in [2.05, 4.69) is 20.6 Å². The second-order valence-electron chi connectivity index (χ2n) is 6.38. The number of ether oxygens (including phenoxy) is 2. The third-order valence-electron chi connectivity index (χ3n) is 4.52. The molecular formula is C19H18N8O4. The number of nitriles is 2. The molecule has 0 aliphatic carbocycles. The van der Waals surface area contributed by atoms with Gasteiger partial charge in [0.25, 0.3) is 0 Å². The molecule has 0 bridgehead atoms. The first-order chi connectivity index (χ1) is 14.8. The quantitative estimate of drug-likeness (QED) is 0.338. The summed E-state index contributed by atoms with van der Waals surface area (Å²) in [6.07, 6.45) is 0.556. The number of pyridine rings is 1. The number of carboxylic acid groups (broad SMARTS) is 1. The molecule has 0 saturated carbocycles. The van der Waals surface area contributed by atoms with Crippen LogP contribution in [0.3, 0.4) is 0 Å². The van der Waals surface area contributed by atoms with Crippen molar-refractivity contribution in [3.63, 3.8) is 0 Å². The summed E-state index contributed by atoms with van der Waals surface area (Å²) in [5.74, 6) is -0.656. The topological polar surface area (TPSA) is 205 Å². The minimum absolute atomic E-state index is 0.0262. The fourth-order valence-corrected chi connectivity index (χ4v) is 3.07. The van der Waals surface area contributed by atoms with Crippen LogP contribution in [-0.4, -0.2) is 35.2 Å². The second-order valence-corrected chi connectivity index (χ2v) is 6.38. The maximum atomic E-state index is 11.4. The van der Waals surface area contributed by atoms with Crippen molar-refractivity contribution < 1.29 is 19.4 Å². The Morgan fingerprint density at radius 1 is 1.39 bits per heavy atom. The molecule has 2 heterocycles. The summed E-state index contributed by atoms with van der Waals surface area (Å²) in [6, 6.07) is 5.89. The number of para-hydroxylation sites is 1. The SMILES string of the molecule is COc1cccc(C2N=C(NC#N)Nc3nc(N)c(C#N)c(N)c32)c1OC(C)C(=O)O. The van der Waals surface area contributed by atoms with Crippen LogP contribution in [0.4, 0.5) is 17.3 Å². The Kier molecular flexibility index (Phi) is 5.65. The number of aromatic nitrogens is 1. The number of nitrogens with zero attached hydrogens (tertiary/aromatic N) is 4. The predicted octanol–water partition coefficient (Wildman–Crippen LogP) is 0.920. The van der Waals surface area contributed by atoms with Crippen molar-refractivity contribution in [2.45, 2.75) is 19.1 Å². The first-order valence-corrected chi connectivity index (χ1v) is 8.87. The van der Waals surface area contributed by atoms with Crippen molar-refractivity contribution in [2.75, 3.05) is 23.9 Å². The van der Waals surface area contributed by atoms with Gasteiger partial charge in [0.2, 0.25) is 5.96 Å². The maximum absolute atomic E-state index is 11.4. The largest absolute Gasteiger partial charge is 0.493 e. The number of hydrogen-bond donors (Lipinski definition) is 5. The zero-order chi connectivity index (χ0) is 22.7. The summed E-state index contributed by atoms with van der Waals surface area (Å²) < 4.78 is 11.0. The number of fused-ring (bicyclic) bond motifs is 1. The van der Waals surface area contributed by atoms with Crippen molar-refractivity contribution in [1.82, 2.24) is 10.3 Å². The molecule has 2 atom stereocenters. The molecule has 0 spiro atoms. The highest BCUT2D eigenvalue weighted by molar-refractivity contribution is 5.98. The molecule has 1 aromatic heterocycles. The van der Waals surface area contributed by atoms with Gasteiger partial charge in [-0.1, -0.05) is 12.1 Å². The van der Waals surface area contributed by atoms with Gasteiger partial charge in [0.15, 0.2) is 23.8 Å². The molecule has 1 aliphatic heterocycles. The fourth-order valence-electron chi connectivity index (χ4n) is 3.07. The standard InChI is InChI=1S/C19H18N8O4/c1-8(18(28)29)31-15-9(4-3-5-11(15)30-2)14-12-13(22)10(6-20)16(23)26-17(12)27-19(25-14)24-7-21/h3-5,8,14H,1-2H3,(H,28,29)(H6,22,23,24,25,26,27). The summed E-state index contributed by atoms with van der Waals surface area (Å²) in [5, 5.41) is 33.0. The van der Waals surface area contributed by atoms with Gasteiger partial charge >= 0.3 is 5.97 Å². The van der Waals surface area contributed by atoms with Crippen LogP contribution in [0.1, 0.15) is 29.7 Å². The second kappa shape index (κ2) is 8.34. The van der Waals surface area contributed by atoms with Gasteiger partial charge in [0.05, 0.1) is 12.8 Å². The highest BCUT2D eigenvalue weighted by Crippen LogP contribution is 2.45. The van der Waals surface area contributed by atoms with Crippen LogP contribution in [0.15, 0.2) is 23.2 Å². The Bertz CT molecular complexity index is 1160. The van der Waals surface area contributed by atoms with Crippen molar-refractivity contribution in [3.05, 3.63) is 34.9 Å². The number of hydrogen-bond acceptors (Lipinski definition) is 11. The van der Waals surface area contributed by atoms with Crippen LogP contribution in [0, 0.1) is 22.8 Å². The summed E-state index contributed by atoms with van der Waals surface area (Å²) in [7, 11) is 1.41. The number of nitrogens with one attached hydrogen (secondary N) is 2. The van der Waals surface area contributed by atoms with E-state index in [1.54, 1.807) is 24.4 Å². The Hall–Kier alpha value is -4.71. The summed E-state index contributed by atoms with van der Waals surface area (Å²) in [6.45, 7) is 1.37. The number of rotatable bonds is 5. The molecule has 12 nitrogen and oxygen atoms in total. The lowest BCUT2D eigenvalue weighted by atomic mass is 9.94. The molecule has 31 heavy (non-hydrogen) atoms. The van der Waals surface area contributed by atoms with E-state index in [-0.39, 0.29) is 40.3 Å². The van der Waals surface area contributed by atoms with E-state index in [0.29, 0.717) is 11.1 Å². The molecular weight excluding hydrogens is 404 g/mol. The number of guanidine groups is 1. The van der Waals surface area contributed by atoms with Crippen molar-refractivity contribution in [1.29, 1.82) is 10.5 Å². The van der Waals surface area contributed by atoms with Gasteiger partial charge in [-0.15, -0.1) is 0 Å². The molecule has 1 aliphatic rings. The van der Waals surface area contributed by atoms with E-state index in [9.17, 15) is 15.2 Å². The van der Waals surface area contributed by atoms with Crippen molar-refractivity contribution >= 4 is 29.3 Å². The predicted molar refractivity (Wildman–Crippen MR) is 110 cm³/mol. The summed E-state index contributed by atoms with van der Waals surface area (Å²) in [4.78, 5) is 20.0. The molecule has 2 unspecified atom stereocenters. The molecule has 0 saturated heterocycles. The average molecular weight is 422 g/mol. The number of anilines is 3. The van der Waals surface area contributed by atoms with Crippen molar-refractivity contribution in [3.8, 4) is 23.8 Å². The molecule has 3 rings (SSSR count). The monoisotopic (exact) mass is 422 g/mol. The molecule has 158 valence electrons. The van der Waals surface area contributed by atoms with E-state index < -0.39 is 18.1 Å². The zero-order valence-electron chi connectivity index (χ0n) is 16.5. The van der Waals surface area contributed by atoms with Crippen LogP contribution in [-0.2, 0) is 4.79 Å². The number of carbonyl (C=O) groups is 1. The van der Waals surface area contributed by atoms with E-state index in [4.69, 9.17) is 26.2 Å². The van der Waals surface area contributed by atoms with Gasteiger partial charge in [-0.2, -0.15) is 10.5 Å². The number of aliphatic imine (C=N–C) groups is 1. The highest BCUT2D eigenvalue weighted by Gasteiger charge is 2.33. The van der Waals surface area contributed by atoms with E-state index in [1.165, 1.54) is 14.0 Å². The van der Waals surface area contributed by atoms with Gasteiger partial charge in [-0.25, -0.2) is 14.8 Å². The zero-order valence-corrected chi connectivity index (χ0v) is 16.5. The average Bonchev–Trinajstić information content (AvgIpc) is 2.73. The van der Waals surface area contributed by atoms with Crippen LogP contribution in [0.25, 0.3) is 0 Å². The van der Waals surface area contributed by atoms with Crippen molar-refractivity contribution in [2.24, 2.45) is 4.99 Å². The molecule has 12 heteroatoms. The molecule has 0 fully saturated rings. The Morgan fingerprint density at radius 3 is 2.74 bits per heavy atom. The van der Waals surface area contributed by atoms with Gasteiger partial charge in [0, 0.05) is 11.1 Å². The molecule has 0 amide bonds. The lowest BCUT2D eigenvalue weighted by Crippen LogP contribution is -2.33. The van der Waals surface area contributed by atoms with Crippen LogP contribution < -0.4 is 31.6 Å². The number of carboxylic acids is 1. The van der Waals surface area contributed by atoms with Gasteiger partial charge < -0.3 is 31.4 Å². The molecule has 7 N–H and O–H groups in total. The minimum Gasteiger partial charge on any atom is -0.493 e. The number of nitrogens with two attached hydrogens (primary N) is 2. The van der Waals surface area contributed by atoms with E-state index >= 15 is 0 Å². The number of nitrogen functional groups attached to an aromatic ring is 2. The number of methoxy groups -OCH3 is 1. The van der Waals surface area contributed by atoms with Crippen LogP contribution in [0.5, 0.6) is 11.5 Å². The maximum Gasteiger partial charge on any atom is 0.344 e. The number of aliphatic carboxylic acids is 1. The first-order valence-electron chi connectivity index (χ1n) is 8.87. The van der Waals surface area contributed by atoms with E-state index in [0.717, 1.165) is 0 Å². The summed E-state index contributed by atoms with van der Waals surface area (Å²) >= 11 is 0. The fraction of sp³-hybridized carbons (Fsp3) is 0.211. The van der Waals surface area contributed by atoms with Gasteiger partial charge in [0.1, 0.15) is 29.3 Å². The number of benzene rings is 1. The van der Waals surface area contributed by atoms with Gasteiger partial charge in [-0.3, -0.25) is 5.32 Å². The highest BCUT2D eigenvalue weighted by atomic mass is 16.5. The lowest BCUT2D eigenvalue weighted by Gasteiger charge is -2.28. The molecule has 1 aromatic carbocycles. The smallest absolute Gasteiger partial charge is 0.344 e. The Labute approximate surface area is 176 Å². The van der Waals surface area contributed by atoms with Crippen LogP contribution >= 0.6 is 0 Å². The Morgan fingerprint density at radius 2 is 2.13 bits per heavy atom. The molecule has 0 radical (unpaired) electrons. The van der Waals surface area contributed by atoms with Gasteiger partial charge in [-0.05, 0) is 13.0 Å². The lowest BCUT2D eigenvalue weighted by molar-refractivity contribution is -0.144.